The van der Waals surface area contributed by atoms with Crippen molar-refractivity contribution in [1.29, 1.82) is 5.26 Å². The first-order chi connectivity index (χ1) is 10.2. The third-order valence-corrected chi connectivity index (χ3v) is 4.62. The average Bonchev–Trinajstić information content (AvgIpc) is 2.51. The molecule has 3 rings (SSSR count). The Balaban J connectivity index is 2.14. The molecule has 3 aromatic rings. The van der Waals surface area contributed by atoms with E-state index in [-0.39, 0.29) is 5.75 Å². The van der Waals surface area contributed by atoms with Gasteiger partial charge in [-0.15, -0.1) is 0 Å². The van der Waals surface area contributed by atoms with Gasteiger partial charge in [-0.3, -0.25) is 0 Å². The molecule has 0 aliphatic rings. The van der Waals surface area contributed by atoms with Crippen LogP contribution in [0.2, 0.25) is 5.02 Å². The van der Waals surface area contributed by atoms with Crippen molar-refractivity contribution in [3.05, 3.63) is 65.2 Å². The largest absolute Gasteiger partial charge is 0.507 e. The molecule has 0 aliphatic heterocycles. The normalized spacial score (nSPS) is 10.5. The van der Waals surface area contributed by atoms with E-state index in [1.807, 2.05) is 42.5 Å². The number of fused-ring (bicyclic) bond motifs is 1. The van der Waals surface area contributed by atoms with Crippen molar-refractivity contribution >= 4 is 34.1 Å². The Morgan fingerprint density at radius 2 is 1.67 bits per heavy atom. The van der Waals surface area contributed by atoms with Gasteiger partial charge in [0.1, 0.15) is 11.8 Å². The van der Waals surface area contributed by atoms with Crippen LogP contribution < -0.4 is 0 Å². The second kappa shape index (κ2) is 5.69. The molecule has 0 aromatic heterocycles. The van der Waals surface area contributed by atoms with Crippen molar-refractivity contribution in [2.24, 2.45) is 0 Å². The summed E-state index contributed by atoms with van der Waals surface area (Å²) in [6.07, 6.45) is 0. The molecule has 0 unspecified atom stereocenters. The Kier molecular flexibility index (Phi) is 3.74. The van der Waals surface area contributed by atoms with Crippen molar-refractivity contribution in [1.82, 2.24) is 0 Å². The molecule has 4 heteroatoms. The van der Waals surface area contributed by atoms with Crippen LogP contribution in [0, 0.1) is 11.3 Å². The highest BCUT2D eigenvalue weighted by atomic mass is 35.5. The fraction of sp³-hybridized carbons (Fsp3) is 0. The van der Waals surface area contributed by atoms with Crippen LogP contribution in [-0.4, -0.2) is 5.11 Å². The summed E-state index contributed by atoms with van der Waals surface area (Å²) >= 11 is 7.54. The van der Waals surface area contributed by atoms with Gasteiger partial charge in [-0.1, -0.05) is 53.7 Å². The molecule has 3 aromatic carbocycles. The average molecular weight is 312 g/mol. The Hall–Kier alpha value is -2.15. The van der Waals surface area contributed by atoms with Gasteiger partial charge in [-0.05, 0) is 29.7 Å². The van der Waals surface area contributed by atoms with Crippen LogP contribution in [0.1, 0.15) is 5.56 Å². The highest BCUT2D eigenvalue weighted by molar-refractivity contribution is 7.99. The van der Waals surface area contributed by atoms with E-state index in [9.17, 15) is 10.4 Å². The first-order valence-corrected chi connectivity index (χ1v) is 7.47. The van der Waals surface area contributed by atoms with Crippen molar-refractivity contribution in [2.45, 2.75) is 9.79 Å². The van der Waals surface area contributed by atoms with E-state index in [4.69, 9.17) is 11.6 Å². The SMILES string of the molecule is N#Cc1c(Cl)cccc1Sc1ccc(O)c2ccccc12. The minimum Gasteiger partial charge on any atom is -0.507 e. The van der Waals surface area contributed by atoms with Gasteiger partial charge < -0.3 is 5.11 Å². The molecule has 0 saturated carbocycles. The van der Waals surface area contributed by atoms with Gasteiger partial charge in [-0.2, -0.15) is 5.26 Å². The molecule has 0 radical (unpaired) electrons. The van der Waals surface area contributed by atoms with Crippen LogP contribution >= 0.6 is 23.4 Å². The number of nitriles is 1. The summed E-state index contributed by atoms with van der Waals surface area (Å²) in [5, 5.41) is 21.4. The minimum atomic E-state index is 0.251. The Bertz CT molecular complexity index is 870. The predicted molar refractivity (Wildman–Crippen MR) is 85.9 cm³/mol. The zero-order valence-electron chi connectivity index (χ0n) is 10.9. The Morgan fingerprint density at radius 1 is 0.905 bits per heavy atom. The molecule has 1 N–H and O–H groups in total. The summed E-state index contributed by atoms with van der Waals surface area (Å²) in [5.41, 5.74) is 0.473. The topological polar surface area (TPSA) is 44.0 Å². The molecule has 0 bridgehead atoms. The number of phenolic OH excluding ortho intramolecular Hbond substituents is 1. The van der Waals surface area contributed by atoms with E-state index in [2.05, 4.69) is 6.07 Å². The maximum Gasteiger partial charge on any atom is 0.123 e. The van der Waals surface area contributed by atoms with E-state index in [1.165, 1.54) is 11.8 Å². The lowest BCUT2D eigenvalue weighted by molar-refractivity contribution is 0.481. The van der Waals surface area contributed by atoms with E-state index in [1.54, 1.807) is 12.1 Å². The minimum absolute atomic E-state index is 0.251. The number of halogens is 1. The number of hydrogen-bond acceptors (Lipinski definition) is 3. The van der Waals surface area contributed by atoms with Gasteiger partial charge in [0.2, 0.25) is 0 Å². The van der Waals surface area contributed by atoms with Gasteiger partial charge in [0, 0.05) is 15.2 Å². The van der Waals surface area contributed by atoms with Crippen molar-refractivity contribution in [3.8, 4) is 11.8 Å². The molecular weight excluding hydrogens is 302 g/mol. The molecule has 0 spiro atoms. The summed E-state index contributed by atoms with van der Waals surface area (Å²) in [4.78, 5) is 1.78. The predicted octanol–water partition coefficient (Wildman–Crippen LogP) is 5.22. The number of aromatic hydroxyl groups is 1. The van der Waals surface area contributed by atoms with E-state index >= 15 is 0 Å². The molecule has 21 heavy (non-hydrogen) atoms. The number of phenols is 1. The zero-order chi connectivity index (χ0) is 14.8. The van der Waals surface area contributed by atoms with E-state index < -0.39 is 0 Å². The highest BCUT2D eigenvalue weighted by Crippen LogP contribution is 2.39. The van der Waals surface area contributed by atoms with Crippen LogP contribution in [0.25, 0.3) is 10.8 Å². The standard InChI is InChI=1S/C17H10ClNOS/c18-14-6-3-7-16(13(14)10-19)21-17-9-8-15(20)11-4-1-2-5-12(11)17/h1-9,20H. The lowest BCUT2D eigenvalue weighted by atomic mass is 10.1. The van der Waals surface area contributed by atoms with E-state index in [0.29, 0.717) is 10.6 Å². The maximum atomic E-state index is 9.92. The molecule has 2 nitrogen and oxygen atoms in total. The molecular formula is C17H10ClNOS. The third kappa shape index (κ3) is 2.56. The van der Waals surface area contributed by atoms with E-state index in [0.717, 1.165) is 20.6 Å². The number of benzene rings is 3. The lowest BCUT2D eigenvalue weighted by Gasteiger charge is -2.09. The third-order valence-electron chi connectivity index (χ3n) is 3.17. The summed E-state index contributed by atoms with van der Waals surface area (Å²) < 4.78 is 0. The Morgan fingerprint density at radius 3 is 2.43 bits per heavy atom. The summed E-state index contributed by atoms with van der Waals surface area (Å²) in [6, 6.07) is 18.7. The smallest absolute Gasteiger partial charge is 0.123 e. The van der Waals surface area contributed by atoms with Gasteiger partial charge in [0.15, 0.2) is 0 Å². The monoisotopic (exact) mass is 311 g/mol. The highest BCUT2D eigenvalue weighted by Gasteiger charge is 2.11. The first-order valence-electron chi connectivity index (χ1n) is 6.28. The van der Waals surface area contributed by atoms with Crippen molar-refractivity contribution in [2.75, 3.05) is 0 Å². The molecule has 0 saturated heterocycles. The van der Waals surface area contributed by atoms with Crippen LogP contribution in [0.3, 0.4) is 0 Å². The fourth-order valence-corrected chi connectivity index (χ4v) is 3.50. The van der Waals surface area contributed by atoms with Crippen molar-refractivity contribution < 1.29 is 5.11 Å². The van der Waals surface area contributed by atoms with Gasteiger partial charge in [0.05, 0.1) is 10.6 Å². The first kappa shape index (κ1) is 13.8. The van der Waals surface area contributed by atoms with Crippen LogP contribution in [0.5, 0.6) is 5.75 Å². The van der Waals surface area contributed by atoms with Gasteiger partial charge >= 0.3 is 0 Å². The Labute approximate surface area is 131 Å². The molecule has 0 aliphatic carbocycles. The van der Waals surface area contributed by atoms with Crippen molar-refractivity contribution in [3.63, 3.8) is 0 Å². The van der Waals surface area contributed by atoms with Crippen LogP contribution in [-0.2, 0) is 0 Å². The molecule has 0 heterocycles. The molecule has 0 amide bonds. The van der Waals surface area contributed by atoms with Gasteiger partial charge in [-0.25, -0.2) is 0 Å². The number of nitrogens with zero attached hydrogens (tertiary/aromatic N) is 1. The second-order valence-corrected chi connectivity index (χ2v) is 5.95. The number of rotatable bonds is 2. The molecule has 0 fully saturated rings. The molecule has 102 valence electrons. The zero-order valence-corrected chi connectivity index (χ0v) is 12.4. The summed E-state index contributed by atoms with van der Waals surface area (Å²) in [6.45, 7) is 0. The number of hydrogen-bond donors (Lipinski definition) is 1. The fourth-order valence-electron chi connectivity index (χ4n) is 2.16. The van der Waals surface area contributed by atoms with Gasteiger partial charge in [0.25, 0.3) is 0 Å². The second-order valence-electron chi connectivity index (χ2n) is 4.46. The van der Waals surface area contributed by atoms with Crippen LogP contribution in [0.4, 0.5) is 0 Å². The van der Waals surface area contributed by atoms with Crippen LogP contribution in [0.15, 0.2) is 64.4 Å². The maximum absolute atomic E-state index is 9.92. The lowest BCUT2D eigenvalue weighted by Crippen LogP contribution is -1.84. The molecule has 0 atom stereocenters. The summed E-state index contributed by atoms with van der Waals surface area (Å²) in [7, 11) is 0. The quantitative estimate of drug-likeness (QED) is 0.705. The summed E-state index contributed by atoms with van der Waals surface area (Å²) in [5.74, 6) is 0.251.